The Morgan fingerprint density at radius 3 is 2.70 bits per heavy atom. The van der Waals surface area contributed by atoms with Crippen LogP contribution in [0.1, 0.15) is 31.2 Å². The molecule has 144 valence electrons. The van der Waals surface area contributed by atoms with Crippen LogP contribution in [-0.2, 0) is 16.1 Å². The lowest BCUT2D eigenvalue weighted by Gasteiger charge is -2.38. The molecule has 4 rings (SSSR count). The van der Waals surface area contributed by atoms with Gasteiger partial charge in [-0.2, -0.15) is 5.10 Å². The van der Waals surface area contributed by atoms with Gasteiger partial charge in [-0.3, -0.25) is 9.69 Å². The fraction of sp³-hybridized carbons (Fsp3) is 0.550. The number of hydrogen-bond acceptors (Lipinski definition) is 5. The molecule has 0 radical (unpaired) electrons. The fourth-order valence-corrected chi connectivity index (χ4v) is 4.14. The summed E-state index contributed by atoms with van der Waals surface area (Å²) < 4.78 is 7.17. The van der Waals surface area contributed by atoms with Crippen LogP contribution in [0.5, 0.6) is 0 Å². The Bertz CT molecular complexity index is 735. The van der Waals surface area contributed by atoms with Crippen molar-refractivity contribution in [2.24, 2.45) is 5.92 Å². The van der Waals surface area contributed by atoms with Crippen molar-refractivity contribution in [1.82, 2.24) is 25.0 Å². The summed E-state index contributed by atoms with van der Waals surface area (Å²) in [6.07, 6.45) is 9.46. The van der Waals surface area contributed by atoms with Gasteiger partial charge in [0.1, 0.15) is 0 Å². The second-order valence-corrected chi connectivity index (χ2v) is 7.31. The first-order valence-corrected chi connectivity index (χ1v) is 9.84. The first-order valence-electron chi connectivity index (χ1n) is 9.84. The number of ether oxygens (including phenoxy) is 1. The molecule has 2 aliphatic rings. The molecule has 1 amide bonds. The molecule has 0 aromatic carbocycles. The van der Waals surface area contributed by atoms with Gasteiger partial charge in [-0.15, -0.1) is 0 Å². The van der Waals surface area contributed by atoms with Crippen molar-refractivity contribution >= 4 is 5.91 Å². The largest absolute Gasteiger partial charge is 0.379 e. The van der Waals surface area contributed by atoms with Crippen LogP contribution in [0.3, 0.4) is 0 Å². The fourth-order valence-electron chi connectivity index (χ4n) is 4.14. The summed E-state index contributed by atoms with van der Waals surface area (Å²) in [5, 5.41) is 7.36. The Balaban J connectivity index is 1.29. The molecule has 7 nitrogen and oxygen atoms in total. The number of nitrogens with zero attached hydrogens (tertiary/aromatic N) is 4. The molecule has 7 heteroatoms. The van der Waals surface area contributed by atoms with Gasteiger partial charge in [0.15, 0.2) is 5.82 Å². The van der Waals surface area contributed by atoms with Gasteiger partial charge in [0.25, 0.3) is 0 Å². The number of carbonyl (C=O) groups excluding carboxylic acids is 1. The van der Waals surface area contributed by atoms with Crippen molar-refractivity contribution in [2.45, 2.75) is 38.3 Å². The number of amides is 1. The summed E-state index contributed by atoms with van der Waals surface area (Å²) in [6.45, 7) is 4.21. The third-order valence-electron chi connectivity index (χ3n) is 5.67. The number of carbonyl (C=O) groups is 1. The van der Waals surface area contributed by atoms with Crippen LogP contribution in [0.2, 0.25) is 0 Å². The van der Waals surface area contributed by atoms with Crippen molar-refractivity contribution in [3.63, 3.8) is 0 Å². The van der Waals surface area contributed by atoms with E-state index in [4.69, 9.17) is 4.74 Å². The number of aromatic nitrogens is 3. The minimum Gasteiger partial charge on any atom is -0.379 e. The molecule has 1 aliphatic heterocycles. The second-order valence-electron chi connectivity index (χ2n) is 7.31. The van der Waals surface area contributed by atoms with Gasteiger partial charge in [0.05, 0.1) is 13.2 Å². The van der Waals surface area contributed by atoms with E-state index in [9.17, 15) is 4.79 Å². The van der Waals surface area contributed by atoms with Crippen LogP contribution in [0.4, 0.5) is 0 Å². The summed E-state index contributed by atoms with van der Waals surface area (Å²) in [5.74, 6) is 1.04. The Labute approximate surface area is 159 Å². The summed E-state index contributed by atoms with van der Waals surface area (Å²) in [6, 6.07) is 6.36. The lowest BCUT2D eigenvalue weighted by atomic mass is 9.84. The van der Waals surface area contributed by atoms with E-state index in [2.05, 4.69) is 20.3 Å². The first-order chi connectivity index (χ1) is 13.3. The molecule has 1 N–H and O–H groups in total. The zero-order valence-corrected chi connectivity index (χ0v) is 15.6. The third-order valence-corrected chi connectivity index (χ3v) is 5.67. The Hall–Kier alpha value is -2.25. The third kappa shape index (κ3) is 4.36. The van der Waals surface area contributed by atoms with E-state index < -0.39 is 0 Å². The number of pyridine rings is 1. The van der Waals surface area contributed by atoms with Gasteiger partial charge in [-0.05, 0) is 37.8 Å². The minimum atomic E-state index is 0.118. The Morgan fingerprint density at radius 2 is 1.96 bits per heavy atom. The summed E-state index contributed by atoms with van der Waals surface area (Å²) >= 11 is 0. The highest BCUT2D eigenvalue weighted by Crippen LogP contribution is 2.28. The van der Waals surface area contributed by atoms with Crippen LogP contribution >= 0.6 is 0 Å². The van der Waals surface area contributed by atoms with Crippen molar-refractivity contribution in [1.29, 1.82) is 0 Å². The molecule has 2 aromatic rings. The SMILES string of the molecule is O=C(NCc1cccnc1-n1cccn1)C1CCC(N2CCOCC2)CC1. The summed E-state index contributed by atoms with van der Waals surface area (Å²) in [5.41, 5.74) is 0.969. The smallest absolute Gasteiger partial charge is 0.223 e. The molecule has 0 bridgehead atoms. The average Bonchev–Trinajstić information content (AvgIpc) is 3.28. The highest BCUT2D eigenvalue weighted by Gasteiger charge is 2.30. The molecule has 0 unspecified atom stereocenters. The number of morpholine rings is 1. The molecule has 0 spiro atoms. The molecule has 1 aliphatic carbocycles. The zero-order valence-electron chi connectivity index (χ0n) is 15.6. The van der Waals surface area contributed by atoms with Crippen LogP contribution < -0.4 is 5.32 Å². The van der Waals surface area contributed by atoms with Crippen molar-refractivity contribution in [2.75, 3.05) is 26.3 Å². The molecule has 27 heavy (non-hydrogen) atoms. The maximum Gasteiger partial charge on any atom is 0.223 e. The van der Waals surface area contributed by atoms with Gasteiger partial charge in [0.2, 0.25) is 5.91 Å². The lowest BCUT2D eigenvalue weighted by molar-refractivity contribution is -0.126. The quantitative estimate of drug-likeness (QED) is 0.870. The topological polar surface area (TPSA) is 72.3 Å². The summed E-state index contributed by atoms with van der Waals surface area (Å²) in [7, 11) is 0. The molecular weight excluding hydrogens is 342 g/mol. The molecule has 1 saturated carbocycles. The van der Waals surface area contributed by atoms with Crippen LogP contribution in [0.25, 0.3) is 5.82 Å². The summed E-state index contributed by atoms with van der Waals surface area (Å²) in [4.78, 5) is 19.6. The van der Waals surface area contributed by atoms with E-state index in [1.54, 1.807) is 17.1 Å². The van der Waals surface area contributed by atoms with Crippen LogP contribution in [0, 0.1) is 5.92 Å². The molecule has 2 aromatic heterocycles. The predicted octanol–water partition coefficient (Wildman–Crippen LogP) is 1.77. The monoisotopic (exact) mass is 369 g/mol. The van der Waals surface area contributed by atoms with Gasteiger partial charge in [-0.1, -0.05) is 6.07 Å². The molecule has 3 heterocycles. The van der Waals surface area contributed by atoms with E-state index in [0.717, 1.165) is 63.4 Å². The van der Waals surface area contributed by atoms with Crippen molar-refractivity contribution < 1.29 is 9.53 Å². The van der Waals surface area contributed by atoms with Gasteiger partial charge < -0.3 is 10.1 Å². The van der Waals surface area contributed by atoms with E-state index in [1.165, 1.54) is 0 Å². The molecule has 0 atom stereocenters. The molecular formula is C20H27N5O2. The average molecular weight is 369 g/mol. The predicted molar refractivity (Wildman–Crippen MR) is 101 cm³/mol. The highest BCUT2D eigenvalue weighted by atomic mass is 16.5. The van der Waals surface area contributed by atoms with E-state index in [-0.39, 0.29) is 11.8 Å². The number of rotatable bonds is 5. The number of nitrogens with one attached hydrogen (secondary N) is 1. The standard InChI is InChI=1S/C20H27N5O2/c26-20(16-4-6-18(7-5-16)24-11-13-27-14-12-24)22-15-17-3-1-8-21-19(17)25-10-2-9-23-25/h1-3,8-10,16,18H,4-7,11-15H2,(H,22,26). The van der Waals surface area contributed by atoms with Gasteiger partial charge >= 0.3 is 0 Å². The Kier molecular flexibility index (Phi) is 5.79. The normalized spacial score (nSPS) is 23.9. The van der Waals surface area contributed by atoms with Crippen LogP contribution in [-0.4, -0.2) is 57.9 Å². The van der Waals surface area contributed by atoms with E-state index >= 15 is 0 Å². The maximum absolute atomic E-state index is 12.7. The first kappa shape index (κ1) is 18.1. The second kappa shape index (κ2) is 8.63. The Morgan fingerprint density at radius 1 is 1.15 bits per heavy atom. The number of hydrogen-bond donors (Lipinski definition) is 1. The van der Waals surface area contributed by atoms with Gasteiger partial charge in [0, 0.05) is 55.7 Å². The highest BCUT2D eigenvalue weighted by molar-refractivity contribution is 5.78. The van der Waals surface area contributed by atoms with Gasteiger partial charge in [-0.25, -0.2) is 9.67 Å². The van der Waals surface area contributed by atoms with Crippen LogP contribution in [0.15, 0.2) is 36.8 Å². The molecule has 2 fully saturated rings. The molecule has 1 saturated heterocycles. The van der Waals surface area contributed by atoms with Crippen molar-refractivity contribution in [3.8, 4) is 5.82 Å². The van der Waals surface area contributed by atoms with E-state index in [1.807, 2.05) is 24.4 Å². The zero-order chi connectivity index (χ0) is 18.5. The lowest BCUT2D eigenvalue weighted by Crippen LogP contribution is -2.46. The minimum absolute atomic E-state index is 0.118. The maximum atomic E-state index is 12.7. The van der Waals surface area contributed by atoms with Crippen molar-refractivity contribution in [3.05, 3.63) is 42.4 Å². The van der Waals surface area contributed by atoms with E-state index in [0.29, 0.717) is 12.6 Å².